The van der Waals surface area contributed by atoms with E-state index in [0.29, 0.717) is 24.3 Å². The molecule has 2 unspecified atom stereocenters. The van der Waals surface area contributed by atoms with E-state index in [1.807, 2.05) is 6.07 Å². The summed E-state index contributed by atoms with van der Waals surface area (Å²) in [6.45, 7) is 3.61. The fourth-order valence-corrected chi connectivity index (χ4v) is 2.82. The van der Waals surface area contributed by atoms with Crippen LogP contribution < -0.4 is 10.1 Å². The molecule has 0 radical (unpaired) electrons. The van der Waals surface area contributed by atoms with Crippen molar-refractivity contribution in [2.75, 3.05) is 26.8 Å². The average Bonchev–Trinajstić information content (AvgIpc) is 2.57. The minimum absolute atomic E-state index is 0.517. The summed E-state index contributed by atoms with van der Waals surface area (Å²) in [6.07, 6.45) is 1.14. The number of nitrogens with zero attached hydrogens (tertiary/aromatic N) is 1. The number of rotatable bonds is 1. The van der Waals surface area contributed by atoms with E-state index in [2.05, 4.69) is 16.4 Å². The van der Waals surface area contributed by atoms with Crippen LogP contribution in [-0.2, 0) is 11.3 Å². The highest BCUT2D eigenvalue weighted by molar-refractivity contribution is 5.30. The van der Waals surface area contributed by atoms with Crippen molar-refractivity contribution in [2.24, 2.45) is 5.92 Å². The van der Waals surface area contributed by atoms with Crippen LogP contribution in [0.25, 0.3) is 0 Å². The molecule has 2 atom stereocenters. The second-order valence-corrected chi connectivity index (χ2v) is 4.77. The van der Waals surface area contributed by atoms with E-state index in [1.54, 1.807) is 7.11 Å². The normalized spacial score (nSPS) is 27.8. The molecule has 2 aliphatic rings. The predicted molar refractivity (Wildman–Crippen MR) is 64.2 cm³/mol. The molecule has 0 aliphatic carbocycles. The summed E-state index contributed by atoms with van der Waals surface area (Å²) in [4.78, 5) is 4.65. The molecule has 0 aromatic carbocycles. The number of hydrogen-bond acceptors (Lipinski definition) is 4. The smallest absolute Gasteiger partial charge is 0.213 e. The van der Waals surface area contributed by atoms with Crippen molar-refractivity contribution in [3.8, 4) is 5.88 Å². The molecule has 4 heteroatoms. The van der Waals surface area contributed by atoms with Crippen LogP contribution in [-0.4, -0.2) is 31.8 Å². The van der Waals surface area contributed by atoms with Gasteiger partial charge < -0.3 is 14.8 Å². The second-order valence-electron chi connectivity index (χ2n) is 4.77. The highest BCUT2D eigenvalue weighted by Crippen LogP contribution is 2.35. The first kappa shape index (κ1) is 11.0. The van der Waals surface area contributed by atoms with E-state index in [0.717, 1.165) is 26.1 Å². The molecule has 17 heavy (non-hydrogen) atoms. The topological polar surface area (TPSA) is 43.4 Å². The van der Waals surface area contributed by atoms with Gasteiger partial charge >= 0.3 is 0 Å². The fraction of sp³-hybridized carbons (Fsp3) is 0.615. The van der Waals surface area contributed by atoms with Gasteiger partial charge in [-0.05, 0) is 24.6 Å². The lowest BCUT2D eigenvalue weighted by Gasteiger charge is -2.30. The summed E-state index contributed by atoms with van der Waals surface area (Å²) < 4.78 is 11.0. The molecule has 2 aliphatic heterocycles. The van der Waals surface area contributed by atoms with Crippen LogP contribution in [0.4, 0.5) is 0 Å². The van der Waals surface area contributed by atoms with Gasteiger partial charge in [-0.15, -0.1) is 0 Å². The first-order valence-electron chi connectivity index (χ1n) is 6.21. The lowest BCUT2D eigenvalue weighted by Crippen LogP contribution is -2.37. The third-order valence-electron chi connectivity index (χ3n) is 3.74. The Bertz CT molecular complexity index is 408. The Kier molecular flexibility index (Phi) is 2.99. The first-order chi connectivity index (χ1) is 8.38. The standard InChI is InChI=1S/C13H18N2O2/c1-16-12-3-2-9-7-17-8-10-6-14-5-4-11(10)13(9)15-12/h2-3,10-11,14H,4-8H2,1H3. The van der Waals surface area contributed by atoms with Crippen LogP contribution in [0, 0.1) is 5.92 Å². The molecule has 1 N–H and O–H groups in total. The molecule has 0 amide bonds. The van der Waals surface area contributed by atoms with Crippen LogP contribution in [0.1, 0.15) is 23.6 Å². The summed E-state index contributed by atoms with van der Waals surface area (Å²) in [5.41, 5.74) is 2.41. The Hall–Kier alpha value is -1.13. The van der Waals surface area contributed by atoms with Gasteiger partial charge in [0, 0.05) is 24.4 Å². The number of ether oxygens (including phenoxy) is 2. The zero-order valence-electron chi connectivity index (χ0n) is 10.1. The Morgan fingerprint density at radius 2 is 2.41 bits per heavy atom. The van der Waals surface area contributed by atoms with Crippen molar-refractivity contribution < 1.29 is 9.47 Å². The molecular formula is C13H18N2O2. The number of piperidine rings is 1. The molecular weight excluding hydrogens is 216 g/mol. The highest BCUT2D eigenvalue weighted by Gasteiger charge is 2.31. The van der Waals surface area contributed by atoms with Crippen molar-refractivity contribution in [1.29, 1.82) is 0 Å². The van der Waals surface area contributed by atoms with Gasteiger partial charge in [0.25, 0.3) is 0 Å². The van der Waals surface area contributed by atoms with Crippen LogP contribution in [0.2, 0.25) is 0 Å². The fourth-order valence-electron chi connectivity index (χ4n) is 2.82. The zero-order chi connectivity index (χ0) is 11.7. The molecule has 3 rings (SSSR count). The van der Waals surface area contributed by atoms with Crippen molar-refractivity contribution in [3.05, 3.63) is 23.4 Å². The van der Waals surface area contributed by atoms with Gasteiger partial charge in [0.1, 0.15) is 0 Å². The number of fused-ring (bicyclic) bond motifs is 3. The summed E-state index contributed by atoms with van der Waals surface area (Å²) in [5, 5.41) is 3.43. The van der Waals surface area contributed by atoms with Crippen molar-refractivity contribution in [2.45, 2.75) is 18.9 Å². The minimum atomic E-state index is 0.517. The molecule has 4 nitrogen and oxygen atoms in total. The monoisotopic (exact) mass is 234 g/mol. The second kappa shape index (κ2) is 4.63. The molecule has 1 saturated heterocycles. The van der Waals surface area contributed by atoms with Gasteiger partial charge in [0.2, 0.25) is 5.88 Å². The predicted octanol–water partition coefficient (Wildman–Crippen LogP) is 1.31. The van der Waals surface area contributed by atoms with Crippen molar-refractivity contribution in [1.82, 2.24) is 10.3 Å². The molecule has 0 spiro atoms. The molecule has 1 fully saturated rings. The van der Waals surface area contributed by atoms with Gasteiger partial charge in [-0.2, -0.15) is 0 Å². The summed E-state index contributed by atoms with van der Waals surface area (Å²) in [6, 6.07) is 4.01. The minimum Gasteiger partial charge on any atom is -0.481 e. The van der Waals surface area contributed by atoms with Gasteiger partial charge in [-0.25, -0.2) is 4.98 Å². The molecule has 92 valence electrons. The van der Waals surface area contributed by atoms with Gasteiger partial charge in [-0.1, -0.05) is 0 Å². The zero-order valence-corrected chi connectivity index (χ0v) is 10.1. The van der Waals surface area contributed by atoms with E-state index in [-0.39, 0.29) is 0 Å². The van der Waals surface area contributed by atoms with Gasteiger partial charge in [-0.3, -0.25) is 0 Å². The number of hydrogen-bond donors (Lipinski definition) is 1. The lowest BCUT2D eigenvalue weighted by molar-refractivity contribution is 0.0811. The Labute approximate surface area is 101 Å². The van der Waals surface area contributed by atoms with Crippen molar-refractivity contribution in [3.63, 3.8) is 0 Å². The van der Waals surface area contributed by atoms with E-state index in [4.69, 9.17) is 9.47 Å². The number of pyridine rings is 1. The van der Waals surface area contributed by atoms with Gasteiger partial charge in [0.05, 0.1) is 26.0 Å². The molecule has 1 aromatic rings. The van der Waals surface area contributed by atoms with Crippen LogP contribution >= 0.6 is 0 Å². The average molecular weight is 234 g/mol. The van der Waals surface area contributed by atoms with Crippen molar-refractivity contribution >= 4 is 0 Å². The van der Waals surface area contributed by atoms with Gasteiger partial charge in [0.15, 0.2) is 0 Å². The number of methoxy groups -OCH3 is 1. The number of aromatic nitrogens is 1. The molecule has 0 saturated carbocycles. The quantitative estimate of drug-likeness (QED) is 0.795. The third kappa shape index (κ3) is 2.03. The maximum Gasteiger partial charge on any atom is 0.213 e. The molecule has 0 bridgehead atoms. The summed E-state index contributed by atoms with van der Waals surface area (Å²) in [5.74, 6) is 1.77. The van der Waals surface area contributed by atoms with E-state index in [1.165, 1.54) is 11.3 Å². The summed E-state index contributed by atoms with van der Waals surface area (Å²) >= 11 is 0. The molecule has 3 heterocycles. The summed E-state index contributed by atoms with van der Waals surface area (Å²) in [7, 11) is 1.67. The first-order valence-corrected chi connectivity index (χ1v) is 6.21. The van der Waals surface area contributed by atoms with Crippen LogP contribution in [0.5, 0.6) is 5.88 Å². The number of nitrogens with one attached hydrogen (secondary N) is 1. The maximum atomic E-state index is 5.74. The maximum absolute atomic E-state index is 5.74. The van der Waals surface area contributed by atoms with E-state index in [9.17, 15) is 0 Å². The highest BCUT2D eigenvalue weighted by atomic mass is 16.5. The Morgan fingerprint density at radius 1 is 1.47 bits per heavy atom. The third-order valence-corrected chi connectivity index (χ3v) is 3.74. The Balaban J connectivity index is 2.00. The van der Waals surface area contributed by atoms with E-state index >= 15 is 0 Å². The SMILES string of the molecule is COc1ccc2c(n1)C1CCNCC1COC2. The lowest BCUT2D eigenvalue weighted by atomic mass is 9.83. The Morgan fingerprint density at radius 3 is 3.29 bits per heavy atom. The molecule has 1 aromatic heterocycles. The largest absolute Gasteiger partial charge is 0.481 e. The van der Waals surface area contributed by atoms with Crippen LogP contribution in [0.15, 0.2) is 12.1 Å². The van der Waals surface area contributed by atoms with Crippen LogP contribution in [0.3, 0.4) is 0 Å². The van der Waals surface area contributed by atoms with E-state index < -0.39 is 0 Å².